The zero-order valence-electron chi connectivity index (χ0n) is 12.6. The third kappa shape index (κ3) is 3.67. The average Bonchev–Trinajstić information content (AvgIpc) is 2.54. The number of carbonyl (C=O) groups is 1. The molecule has 2 aromatic rings. The first-order valence-electron chi connectivity index (χ1n) is 6.97. The SMILES string of the molecule is CCOc1ccc(/C=C(\C(=O)O)c2ccccc2OC)cc1. The van der Waals surface area contributed by atoms with Gasteiger partial charge in [0.1, 0.15) is 11.5 Å². The van der Waals surface area contributed by atoms with Crippen LogP contribution >= 0.6 is 0 Å². The average molecular weight is 298 g/mol. The molecule has 0 radical (unpaired) electrons. The largest absolute Gasteiger partial charge is 0.496 e. The van der Waals surface area contributed by atoms with Gasteiger partial charge in [-0.05, 0) is 36.8 Å². The number of carboxylic acids is 1. The highest BCUT2D eigenvalue weighted by atomic mass is 16.5. The summed E-state index contributed by atoms with van der Waals surface area (Å²) in [5.74, 6) is 0.286. The molecule has 0 atom stereocenters. The molecule has 22 heavy (non-hydrogen) atoms. The summed E-state index contributed by atoms with van der Waals surface area (Å²) >= 11 is 0. The molecule has 0 unspecified atom stereocenters. The molecular weight excluding hydrogens is 280 g/mol. The van der Waals surface area contributed by atoms with E-state index in [4.69, 9.17) is 9.47 Å². The van der Waals surface area contributed by atoms with Gasteiger partial charge < -0.3 is 14.6 Å². The normalized spacial score (nSPS) is 11.1. The first-order chi connectivity index (χ1) is 10.7. The van der Waals surface area contributed by atoms with E-state index in [1.165, 1.54) is 7.11 Å². The predicted molar refractivity (Wildman–Crippen MR) is 86.1 cm³/mol. The molecule has 114 valence electrons. The molecule has 0 saturated heterocycles. The number of rotatable bonds is 6. The van der Waals surface area contributed by atoms with Crippen LogP contribution in [0, 0.1) is 0 Å². The van der Waals surface area contributed by atoms with Crippen molar-refractivity contribution in [3.63, 3.8) is 0 Å². The molecule has 0 aliphatic carbocycles. The van der Waals surface area contributed by atoms with Gasteiger partial charge >= 0.3 is 5.97 Å². The Morgan fingerprint density at radius 1 is 1.14 bits per heavy atom. The van der Waals surface area contributed by atoms with Gasteiger partial charge in [-0.25, -0.2) is 4.79 Å². The molecule has 0 bridgehead atoms. The van der Waals surface area contributed by atoms with Crippen molar-refractivity contribution >= 4 is 17.6 Å². The standard InChI is InChI=1S/C18H18O4/c1-3-22-14-10-8-13(9-11-14)12-16(18(19)20)15-6-4-5-7-17(15)21-2/h4-12H,3H2,1-2H3,(H,19,20)/b16-12-. The minimum atomic E-state index is -1.00. The molecule has 0 saturated carbocycles. The number of methoxy groups -OCH3 is 1. The maximum Gasteiger partial charge on any atom is 0.336 e. The Morgan fingerprint density at radius 2 is 1.82 bits per heavy atom. The topological polar surface area (TPSA) is 55.8 Å². The van der Waals surface area contributed by atoms with Gasteiger partial charge in [-0.1, -0.05) is 30.3 Å². The number of ether oxygens (including phenoxy) is 2. The minimum absolute atomic E-state index is 0.182. The molecular formula is C18H18O4. The van der Waals surface area contributed by atoms with Crippen molar-refractivity contribution in [1.29, 1.82) is 0 Å². The van der Waals surface area contributed by atoms with Crippen molar-refractivity contribution in [3.8, 4) is 11.5 Å². The summed E-state index contributed by atoms with van der Waals surface area (Å²) in [5.41, 5.74) is 1.51. The van der Waals surface area contributed by atoms with E-state index in [-0.39, 0.29) is 5.57 Å². The van der Waals surface area contributed by atoms with Gasteiger partial charge in [0.2, 0.25) is 0 Å². The second-order valence-electron chi connectivity index (χ2n) is 4.57. The van der Waals surface area contributed by atoms with Crippen molar-refractivity contribution < 1.29 is 19.4 Å². The lowest BCUT2D eigenvalue weighted by Crippen LogP contribution is -2.01. The lowest BCUT2D eigenvalue weighted by atomic mass is 10.0. The predicted octanol–water partition coefficient (Wildman–Crippen LogP) is 3.72. The van der Waals surface area contributed by atoms with Crippen LogP contribution < -0.4 is 9.47 Å². The Balaban J connectivity index is 2.41. The number of benzene rings is 2. The fourth-order valence-electron chi connectivity index (χ4n) is 2.12. The summed E-state index contributed by atoms with van der Waals surface area (Å²) in [4.78, 5) is 11.6. The maximum atomic E-state index is 11.6. The lowest BCUT2D eigenvalue weighted by molar-refractivity contribution is -0.130. The minimum Gasteiger partial charge on any atom is -0.496 e. The zero-order valence-corrected chi connectivity index (χ0v) is 12.6. The molecule has 4 nitrogen and oxygen atoms in total. The molecule has 0 aliphatic rings. The fourth-order valence-corrected chi connectivity index (χ4v) is 2.12. The molecule has 0 aliphatic heterocycles. The Hall–Kier alpha value is -2.75. The van der Waals surface area contributed by atoms with Gasteiger partial charge in [0.25, 0.3) is 0 Å². The van der Waals surface area contributed by atoms with Crippen LogP contribution in [0.3, 0.4) is 0 Å². The van der Waals surface area contributed by atoms with E-state index in [2.05, 4.69) is 0 Å². The van der Waals surface area contributed by atoms with E-state index >= 15 is 0 Å². The van der Waals surface area contributed by atoms with Crippen LogP contribution in [0.2, 0.25) is 0 Å². The van der Waals surface area contributed by atoms with Crippen LogP contribution in [0.5, 0.6) is 11.5 Å². The van der Waals surface area contributed by atoms with E-state index in [1.54, 1.807) is 30.3 Å². The quantitative estimate of drug-likeness (QED) is 0.652. The second kappa shape index (κ2) is 7.31. The van der Waals surface area contributed by atoms with Crippen molar-refractivity contribution in [2.75, 3.05) is 13.7 Å². The van der Waals surface area contributed by atoms with E-state index in [9.17, 15) is 9.90 Å². The van der Waals surface area contributed by atoms with Crippen molar-refractivity contribution in [1.82, 2.24) is 0 Å². The number of aliphatic carboxylic acids is 1. The van der Waals surface area contributed by atoms with Crippen LogP contribution in [0.4, 0.5) is 0 Å². The molecule has 0 aromatic heterocycles. The summed E-state index contributed by atoms with van der Waals surface area (Å²) in [6, 6.07) is 14.3. The summed E-state index contributed by atoms with van der Waals surface area (Å²) < 4.78 is 10.6. The third-order valence-electron chi connectivity index (χ3n) is 3.13. The van der Waals surface area contributed by atoms with Gasteiger partial charge in [-0.2, -0.15) is 0 Å². The Bertz CT molecular complexity index is 672. The Labute approximate surface area is 129 Å². The van der Waals surface area contributed by atoms with Crippen LogP contribution in [0.1, 0.15) is 18.1 Å². The summed E-state index contributed by atoms with van der Waals surface area (Å²) in [6.07, 6.45) is 1.62. The van der Waals surface area contributed by atoms with Crippen LogP contribution in [-0.4, -0.2) is 24.8 Å². The zero-order chi connectivity index (χ0) is 15.9. The molecule has 2 rings (SSSR count). The second-order valence-corrected chi connectivity index (χ2v) is 4.57. The molecule has 0 heterocycles. The number of hydrogen-bond donors (Lipinski definition) is 1. The summed E-state index contributed by atoms with van der Waals surface area (Å²) in [6.45, 7) is 2.51. The van der Waals surface area contributed by atoms with Gasteiger partial charge in [0.05, 0.1) is 19.3 Å². The van der Waals surface area contributed by atoms with Crippen molar-refractivity contribution in [2.24, 2.45) is 0 Å². The molecule has 4 heteroatoms. The van der Waals surface area contributed by atoms with Crippen LogP contribution in [0.15, 0.2) is 48.5 Å². The number of carboxylic acid groups (broad SMARTS) is 1. The molecule has 0 amide bonds. The number of para-hydroxylation sites is 1. The Morgan fingerprint density at radius 3 is 2.41 bits per heavy atom. The maximum absolute atomic E-state index is 11.6. The smallest absolute Gasteiger partial charge is 0.336 e. The summed E-state index contributed by atoms with van der Waals surface area (Å²) in [7, 11) is 1.52. The molecule has 2 aromatic carbocycles. The molecule has 1 N–H and O–H groups in total. The van der Waals surface area contributed by atoms with Crippen LogP contribution in [0.25, 0.3) is 11.6 Å². The monoisotopic (exact) mass is 298 g/mol. The molecule has 0 spiro atoms. The van der Waals surface area contributed by atoms with Crippen molar-refractivity contribution in [2.45, 2.75) is 6.92 Å². The highest BCUT2D eigenvalue weighted by Crippen LogP contribution is 2.28. The van der Waals surface area contributed by atoms with E-state index in [1.807, 2.05) is 31.2 Å². The van der Waals surface area contributed by atoms with Gasteiger partial charge in [0, 0.05) is 5.56 Å². The highest BCUT2D eigenvalue weighted by molar-refractivity contribution is 6.21. The first kappa shape index (κ1) is 15.6. The van der Waals surface area contributed by atoms with E-state index in [0.717, 1.165) is 11.3 Å². The van der Waals surface area contributed by atoms with Crippen LogP contribution in [-0.2, 0) is 4.79 Å². The first-order valence-corrected chi connectivity index (χ1v) is 6.97. The third-order valence-corrected chi connectivity index (χ3v) is 3.13. The van der Waals surface area contributed by atoms with Crippen molar-refractivity contribution in [3.05, 3.63) is 59.7 Å². The fraction of sp³-hybridized carbons (Fsp3) is 0.167. The number of hydrogen-bond acceptors (Lipinski definition) is 3. The van der Waals surface area contributed by atoms with E-state index in [0.29, 0.717) is 17.9 Å². The molecule has 0 fully saturated rings. The lowest BCUT2D eigenvalue weighted by Gasteiger charge is -2.09. The highest BCUT2D eigenvalue weighted by Gasteiger charge is 2.14. The van der Waals surface area contributed by atoms with Gasteiger partial charge in [-0.15, -0.1) is 0 Å². The van der Waals surface area contributed by atoms with Gasteiger partial charge in [0.15, 0.2) is 0 Å². The van der Waals surface area contributed by atoms with E-state index < -0.39 is 5.97 Å². The van der Waals surface area contributed by atoms with Gasteiger partial charge in [-0.3, -0.25) is 0 Å². The Kier molecular flexibility index (Phi) is 5.20. The summed E-state index contributed by atoms with van der Waals surface area (Å²) in [5, 5.41) is 9.50.